The van der Waals surface area contributed by atoms with Gasteiger partial charge in [-0.25, -0.2) is 8.42 Å². The zero-order valence-electron chi connectivity index (χ0n) is 24.5. The molecule has 1 fully saturated rings. The van der Waals surface area contributed by atoms with Gasteiger partial charge in [-0.15, -0.1) is 0 Å². The van der Waals surface area contributed by atoms with E-state index in [1.807, 2.05) is 93.6 Å². The minimum atomic E-state index is -3.81. The van der Waals surface area contributed by atoms with Crippen LogP contribution in [0.15, 0.2) is 72.8 Å². The Bertz CT molecular complexity index is 1430. The molecule has 0 saturated heterocycles. The van der Waals surface area contributed by atoms with E-state index in [1.165, 1.54) is 4.31 Å². The summed E-state index contributed by atoms with van der Waals surface area (Å²) in [4.78, 5) is 29.8. The molecule has 1 aliphatic rings. The minimum Gasteiger partial charge on any atom is -0.352 e. The number of amides is 2. The van der Waals surface area contributed by atoms with Gasteiger partial charge in [-0.3, -0.25) is 13.9 Å². The number of carbonyl (C=O) groups excluding carboxylic acids is 2. The molecule has 0 bridgehead atoms. The fourth-order valence-electron chi connectivity index (χ4n) is 5.59. The van der Waals surface area contributed by atoms with E-state index in [-0.39, 0.29) is 18.5 Å². The molecule has 0 spiro atoms. The number of nitrogens with zero attached hydrogens (tertiary/aromatic N) is 2. The van der Waals surface area contributed by atoms with Crippen LogP contribution in [0.2, 0.25) is 0 Å². The van der Waals surface area contributed by atoms with Crippen molar-refractivity contribution < 1.29 is 18.0 Å². The summed E-state index contributed by atoms with van der Waals surface area (Å²) >= 11 is 0. The largest absolute Gasteiger partial charge is 0.352 e. The van der Waals surface area contributed by atoms with Crippen molar-refractivity contribution >= 4 is 27.5 Å². The fourth-order valence-corrected chi connectivity index (χ4v) is 6.55. The van der Waals surface area contributed by atoms with Gasteiger partial charge in [0.25, 0.3) is 0 Å². The molecule has 1 atom stereocenters. The highest BCUT2D eigenvalue weighted by Gasteiger charge is 2.34. The molecule has 1 N–H and O–H groups in total. The average molecular weight is 576 g/mol. The molecule has 8 heteroatoms. The lowest BCUT2D eigenvalue weighted by atomic mass is 10.0. The topological polar surface area (TPSA) is 86.8 Å². The monoisotopic (exact) mass is 575 g/mol. The molecule has 2 amide bonds. The van der Waals surface area contributed by atoms with E-state index in [0.29, 0.717) is 12.1 Å². The smallest absolute Gasteiger partial charge is 0.244 e. The summed E-state index contributed by atoms with van der Waals surface area (Å²) in [6.07, 6.45) is 5.41. The third-order valence-electron chi connectivity index (χ3n) is 7.81. The number of hydrogen-bond acceptors (Lipinski definition) is 4. The summed E-state index contributed by atoms with van der Waals surface area (Å²) in [6, 6.07) is 22.3. The summed E-state index contributed by atoms with van der Waals surface area (Å²) in [5.74, 6) is -0.639. The summed E-state index contributed by atoms with van der Waals surface area (Å²) in [7, 11) is -3.81. The maximum absolute atomic E-state index is 14.3. The first-order valence-electron chi connectivity index (χ1n) is 14.3. The quantitative estimate of drug-likeness (QED) is 0.346. The van der Waals surface area contributed by atoms with Crippen LogP contribution in [-0.4, -0.2) is 50.0 Å². The van der Waals surface area contributed by atoms with Gasteiger partial charge in [0, 0.05) is 19.0 Å². The Morgan fingerprint density at radius 2 is 1.46 bits per heavy atom. The Morgan fingerprint density at radius 3 is 2.05 bits per heavy atom. The highest BCUT2D eigenvalue weighted by Crippen LogP contribution is 2.27. The molecule has 7 nitrogen and oxygen atoms in total. The molecule has 3 aromatic carbocycles. The number of anilines is 1. The summed E-state index contributed by atoms with van der Waals surface area (Å²) < 4.78 is 27.4. The predicted molar refractivity (Wildman–Crippen MR) is 164 cm³/mol. The number of nitrogens with one attached hydrogen (secondary N) is 1. The molecule has 41 heavy (non-hydrogen) atoms. The van der Waals surface area contributed by atoms with E-state index < -0.39 is 28.5 Å². The normalized spacial score (nSPS) is 14.4. The number of sulfonamides is 1. The van der Waals surface area contributed by atoms with E-state index in [0.717, 1.165) is 59.8 Å². The first-order valence-corrected chi connectivity index (χ1v) is 16.1. The van der Waals surface area contributed by atoms with Gasteiger partial charge in [-0.05, 0) is 55.9 Å². The third kappa shape index (κ3) is 7.97. The van der Waals surface area contributed by atoms with Gasteiger partial charge in [0.05, 0.1) is 11.9 Å². The van der Waals surface area contributed by atoms with Crippen molar-refractivity contribution in [1.82, 2.24) is 10.2 Å². The number of rotatable bonds is 11. The highest BCUT2D eigenvalue weighted by molar-refractivity contribution is 7.92. The molecule has 218 valence electrons. The van der Waals surface area contributed by atoms with Crippen LogP contribution in [0.4, 0.5) is 5.69 Å². The average Bonchev–Trinajstić information content (AvgIpc) is 3.44. The van der Waals surface area contributed by atoms with Gasteiger partial charge >= 0.3 is 0 Å². The summed E-state index contributed by atoms with van der Waals surface area (Å²) in [5.41, 5.74) is 4.89. The van der Waals surface area contributed by atoms with Crippen molar-refractivity contribution in [1.29, 1.82) is 0 Å². The number of hydrogen-bond donors (Lipinski definition) is 1. The second-order valence-corrected chi connectivity index (χ2v) is 13.1. The fraction of sp³-hybridized carbons (Fsp3) is 0.394. The van der Waals surface area contributed by atoms with E-state index >= 15 is 0 Å². The van der Waals surface area contributed by atoms with Crippen molar-refractivity contribution in [2.75, 3.05) is 17.1 Å². The van der Waals surface area contributed by atoms with Crippen molar-refractivity contribution in [3.8, 4) is 0 Å². The van der Waals surface area contributed by atoms with E-state index in [4.69, 9.17) is 0 Å². The van der Waals surface area contributed by atoms with Gasteiger partial charge in [-0.1, -0.05) is 91.2 Å². The minimum absolute atomic E-state index is 0.0826. The Kier molecular flexibility index (Phi) is 9.86. The molecule has 3 aromatic rings. The van der Waals surface area contributed by atoms with Crippen LogP contribution in [-0.2, 0) is 32.6 Å². The molecule has 0 aliphatic heterocycles. The lowest BCUT2D eigenvalue weighted by Crippen LogP contribution is -2.54. The zero-order chi connectivity index (χ0) is 29.6. The van der Waals surface area contributed by atoms with Crippen LogP contribution in [0.5, 0.6) is 0 Å². The van der Waals surface area contributed by atoms with Gasteiger partial charge in [0.15, 0.2) is 0 Å². The second-order valence-electron chi connectivity index (χ2n) is 11.2. The molecule has 4 rings (SSSR count). The van der Waals surface area contributed by atoms with Crippen LogP contribution < -0.4 is 9.62 Å². The van der Waals surface area contributed by atoms with Gasteiger partial charge in [0.2, 0.25) is 21.8 Å². The lowest BCUT2D eigenvalue weighted by molar-refractivity contribution is -0.140. The number of benzene rings is 3. The summed E-state index contributed by atoms with van der Waals surface area (Å²) in [6.45, 7) is 5.44. The molecule has 0 radical (unpaired) electrons. The van der Waals surface area contributed by atoms with Crippen molar-refractivity contribution in [3.63, 3.8) is 0 Å². The molecule has 0 aromatic heterocycles. The molecule has 0 heterocycles. The lowest BCUT2D eigenvalue weighted by Gasteiger charge is -2.34. The Balaban J connectivity index is 1.74. The van der Waals surface area contributed by atoms with Crippen molar-refractivity contribution in [2.45, 2.75) is 71.5 Å². The second kappa shape index (κ2) is 13.3. The van der Waals surface area contributed by atoms with Gasteiger partial charge in [-0.2, -0.15) is 0 Å². The van der Waals surface area contributed by atoms with E-state index in [2.05, 4.69) is 5.32 Å². The van der Waals surface area contributed by atoms with Crippen LogP contribution in [0.3, 0.4) is 0 Å². The van der Waals surface area contributed by atoms with Crippen LogP contribution in [0.25, 0.3) is 0 Å². The molecular formula is C33H41N3O4S. The molecule has 1 aliphatic carbocycles. The zero-order valence-corrected chi connectivity index (χ0v) is 25.3. The first kappa shape index (κ1) is 30.3. The number of aryl methyl sites for hydroxylation is 3. The van der Waals surface area contributed by atoms with Crippen molar-refractivity contribution in [3.05, 3.63) is 101 Å². The first-order chi connectivity index (χ1) is 19.5. The van der Waals surface area contributed by atoms with Crippen molar-refractivity contribution in [2.24, 2.45) is 0 Å². The molecule has 1 saturated carbocycles. The van der Waals surface area contributed by atoms with Gasteiger partial charge in [0.1, 0.15) is 12.6 Å². The highest BCUT2D eigenvalue weighted by atomic mass is 32.2. The predicted octanol–water partition coefficient (Wildman–Crippen LogP) is 5.08. The van der Waals surface area contributed by atoms with Crippen LogP contribution in [0.1, 0.15) is 53.5 Å². The number of carbonyl (C=O) groups is 2. The molecular weight excluding hydrogens is 534 g/mol. The summed E-state index contributed by atoms with van der Waals surface area (Å²) in [5, 5.41) is 3.20. The SMILES string of the molecule is Cc1ccc(CN(C(=O)CN(c2c(C)cccc2C)S(C)(=O)=O)[C@@H](Cc2ccccc2)C(=O)NC2CCCC2)cc1. The van der Waals surface area contributed by atoms with Crippen LogP contribution >= 0.6 is 0 Å². The maximum Gasteiger partial charge on any atom is 0.244 e. The van der Waals surface area contributed by atoms with Gasteiger partial charge < -0.3 is 10.2 Å². The van der Waals surface area contributed by atoms with E-state index in [9.17, 15) is 18.0 Å². The standard InChI is InChI=1S/C33H41N3O4S/c1-24-17-19-28(20-18-24)22-35(31(37)23-36(41(4,39)40)32-25(2)11-10-12-26(32)3)30(21-27-13-6-5-7-14-27)33(38)34-29-15-8-9-16-29/h5-7,10-14,17-20,29-30H,8-9,15-16,21-23H2,1-4H3,(H,34,38)/t30-/m0/s1. The van der Waals surface area contributed by atoms with Crippen LogP contribution in [0, 0.1) is 20.8 Å². The Morgan fingerprint density at radius 1 is 0.854 bits per heavy atom. The number of para-hydroxylation sites is 1. The van der Waals surface area contributed by atoms with E-state index in [1.54, 1.807) is 4.90 Å². The Hall–Kier alpha value is -3.65. The Labute approximate surface area is 244 Å². The third-order valence-corrected chi connectivity index (χ3v) is 8.93. The molecule has 0 unspecified atom stereocenters. The maximum atomic E-state index is 14.3.